The average Bonchev–Trinajstić information content (AvgIpc) is 2.98. The number of hydrogen-bond donors (Lipinski definition) is 0. The van der Waals surface area contributed by atoms with Crippen molar-refractivity contribution in [2.75, 3.05) is 0 Å². The predicted octanol–water partition coefficient (Wildman–Crippen LogP) is 5.35. The van der Waals surface area contributed by atoms with Gasteiger partial charge in [0.15, 0.2) is 0 Å². The molecule has 0 aliphatic heterocycles. The van der Waals surface area contributed by atoms with Crippen molar-refractivity contribution in [2.24, 2.45) is 0 Å². The molecule has 1 heterocycles. The predicted molar refractivity (Wildman–Crippen MR) is 86.4 cm³/mol. The summed E-state index contributed by atoms with van der Waals surface area (Å²) in [5.41, 5.74) is 0.497. The molecule has 0 aliphatic carbocycles. The summed E-state index contributed by atoms with van der Waals surface area (Å²) < 4.78 is 41.1. The second-order valence-corrected chi connectivity index (χ2v) is 5.66. The van der Waals surface area contributed by atoms with Crippen LogP contribution in [-0.4, -0.2) is 15.0 Å². The highest BCUT2D eigenvalue weighted by Gasteiger charge is 2.34. The van der Waals surface area contributed by atoms with Crippen molar-refractivity contribution in [3.63, 3.8) is 0 Å². The van der Waals surface area contributed by atoms with Crippen molar-refractivity contribution in [1.29, 1.82) is 0 Å². The molecule has 8 heteroatoms. The first-order chi connectivity index (χ1) is 11.4. The van der Waals surface area contributed by atoms with Gasteiger partial charge in [0, 0.05) is 10.6 Å². The molecule has 24 heavy (non-hydrogen) atoms. The van der Waals surface area contributed by atoms with Crippen LogP contribution in [0.2, 0.25) is 5.02 Å². The highest BCUT2D eigenvalue weighted by molar-refractivity contribution is 6.30. The number of aromatic nitrogens is 3. The van der Waals surface area contributed by atoms with E-state index in [9.17, 15) is 13.2 Å². The van der Waals surface area contributed by atoms with Crippen LogP contribution in [0.1, 0.15) is 11.3 Å². The first-order valence-corrected chi connectivity index (χ1v) is 7.76. The second-order valence-electron chi connectivity index (χ2n) is 4.95. The van der Waals surface area contributed by atoms with Crippen molar-refractivity contribution in [3.05, 3.63) is 64.8 Å². The summed E-state index contributed by atoms with van der Waals surface area (Å²) in [7, 11) is 0. The Kier molecular flexibility index (Phi) is 4.51. The largest absolute Gasteiger partial charge is 0.418 e. The van der Waals surface area contributed by atoms with Gasteiger partial charge in [0.2, 0.25) is 0 Å². The van der Waals surface area contributed by atoms with E-state index in [-0.39, 0.29) is 11.6 Å². The molecular weight excluding hydrogens is 362 g/mol. The second kappa shape index (κ2) is 6.45. The molecule has 3 nitrogen and oxygen atoms in total. The van der Waals surface area contributed by atoms with E-state index in [1.54, 1.807) is 24.3 Å². The number of halogens is 5. The van der Waals surface area contributed by atoms with E-state index in [2.05, 4.69) is 10.3 Å². The van der Waals surface area contributed by atoms with E-state index < -0.39 is 11.7 Å². The van der Waals surface area contributed by atoms with Crippen LogP contribution in [0.25, 0.3) is 16.9 Å². The van der Waals surface area contributed by atoms with E-state index in [0.29, 0.717) is 22.0 Å². The topological polar surface area (TPSA) is 30.7 Å². The van der Waals surface area contributed by atoms with Gasteiger partial charge in [-0.2, -0.15) is 13.2 Å². The lowest BCUT2D eigenvalue weighted by molar-refractivity contribution is -0.137. The summed E-state index contributed by atoms with van der Waals surface area (Å²) in [5, 5.41) is 8.31. The number of nitrogens with zero attached hydrogens (tertiary/aromatic N) is 3. The maximum absolute atomic E-state index is 13.3. The molecule has 0 amide bonds. The van der Waals surface area contributed by atoms with Gasteiger partial charge < -0.3 is 0 Å². The Hall–Kier alpha value is -2.05. The van der Waals surface area contributed by atoms with Crippen LogP contribution in [0.15, 0.2) is 48.5 Å². The molecule has 3 aromatic rings. The Bertz CT molecular complexity index is 858. The fourth-order valence-corrected chi connectivity index (χ4v) is 2.67. The number of alkyl halides is 4. The minimum Gasteiger partial charge on any atom is -0.212 e. The van der Waals surface area contributed by atoms with Crippen molar-refractivity contribution in [3.8, 4) is 16.9 Å². The van der Waals surface area contributed by atoms with Gasteiger partial charge in [-0.3, -0.25) is 0 Å². The highest BCUT2D eigenvalue weighted by atomic mass is 35.5. The zero-order valence-electron chi connectivity index (χ0n) is 12.1. The minimum absolute atomic E-state index is 0.0200. The Labute approximate surface area is 145 Å². The van der Waals surface area contributed by atoms with Crippen LogP contribution in [0.5, 0.6) is 0 Å². The van der Waals surface area contributed by atoms with E-state index in [1.807, 2.05) is 0 Å². The quantitative estimate of drug-likeness (QED) is 0.581. The van der Waals surface area contributed by atoms with Crippen LogP contribution >= 0.6 is 23.2 Å². The first kappa shape index (κ1) is 16.8. The lowest BCUT2D eigenvalue weighted by Crippen LogP contribution is -2.12. The van der Waals surface area contributed by atoms with E-state index >= 15 is 0 Å². The average molecular weight is 372 g/mol. The lowest BCUT2D eigenvalue weighted by atomic mass is 10.1. The smallest absolute Gasteiger partial charge is 0.212 e. The van der Waals surface area contributed by atoms with Gasteiger partial charge in [0.05, 0.1) is 22.8 Å². The molecule has 0 fully saturated rings. The Morgan fingerprint density at radius 1 is 1.00 bits per heavy atom. The molecular formula is C16H10Cl2F3N3. The van der Waals surface area contributed by atoms with E-state index in [1.165, 1.54) is 18.2 Å². The molecule has 0 unspecified atom stereocenters. The minimum atomic E-state index is -4.51. The SMILES string of the molecule is FC(F)(F)c1ccccc1-n1nnc(CCl)c1-c1ccc(Cl)cc1. The van der Waals surface area contributed by atoms with Crippen molar-refractivity contribution < 1.29 is 13.2 Å². The molecule has 0 spiro atoms. The summed E-state index contributed by atoms with van der Waals surface area (Å²) in [6.45, 7) is 0. The standard InChI is InChI=1S/C16H10Cl2F3N3/c17-9-13-15(10-5-7-11(18)8-6-10)24(23-22-13)14-4-2-1-3-12(14)16(19,20)21/h1-8H,9H2. The zero-order valence-corrected chi connectivity index (χ0v) is 13.6. The molecule has 2 aromatic carbocycles. The third-order valence-electron chi connectivity index (χ3n) is 3.42. The number of rotatable bonds is 3. The van der Waals surface area contributed by atoms with Crippen LogP contribution in [-0.2, 0) is 12.1 Å². The Balaban J connectivity index is 2.25. The third kappa shape index (κ3) is 3.12. The molecule has 0 saturated carbocycles. The van der Waals surface area contributed by atoms with Crippen LogP contribution < -0.4 is 0 Å². The molecule has 0 aliphatic rings. The van der Waals surface area contributed by atoms with Crippen LogP contribution in [0, 0.1) is 0 Å². The van der Waals surface area contributed by atoms with Crippen molar-refractivity contribution in [2.45, 2.75) is 12.1 Å². The Morgan fingerprint density at radius 2 is 1.67 bits per heavy atom. The molecule has 3 rings (SSSR count). The first-order valence-electron chi connectivity index (χ1n) is 6.85. The monoisotopic (exact) mass is 371 g/mol. The van der Waals surface area contributed by atoms with Crippen LogP contribution in [0.3, 0.4) is 0 Å². The molecule has 1 aromatic heterocycles. The number of benzene rings is 2. The Morgan fingerprint density at radius 3 is 2.29 bits per heavy atom. The van der Waals surface area contributed by atoms with Crippen LogP contribution in [0.4, 0.5) is 13.2 Å². The third-order valence-corrected chi connectivity index (χ3v) is 3.93. The fourth-order valence-electron chi connectivity index (χ4n) is 2.37. The van der Waals surface area contributed by atoms with Crippen molar-refractivity contribution >= 4 is 23.2 Å². The molecule has 0 bridgehead atoms. The van der Waals surface area contributed by atoms with Gasteiger partial charge in [0.25, 0.3) is 0 Å². The summed E-state index contributed by atoms with van der Waals surface area (Å²) in [6, 6.07) is 11.8. The normalized spacial score (nSPS) is 11.7. The van der Waals surface area contributed by atoms with Gasteiger partial charge in [-0.25, -0.2) is 4.68 Å². The summed E-state index contributed by atoms with van der Waals surface area (Å²) in [6.07, 6.45) is -4.51. The van der Waals surface area contributed by atoms with E-state index in [4.69, 9.17) is 23.2 Å². The maximum atomic E-state index is 13.3. The molecule has 0 N–H and O–H groups in total. The van der Waals surface area contributed by atoms with Gasteiger partial charge in [-0.15, -0.1) is 16.7 Å². The van der Waals surface area contributed by atoms with Crippen molar-refractivity contribution in [1.82, 2.24) is 15.0 Å². The van der Waals surface area contributed by atoms with E-state index in [0.717, 1.165) is 10.7 Å². The number of para-hydroxylation sites is 1. The van der Waals surface area contributed by atoms with Gasteiger partial charge in [-0.05, 0) is 24.3 Å². The maximum Gasteiger partial charge on any atom is 0.418 e. The molecule has 0 saturated heterocycles. The molecule has 0 atom stereocenters. The summed E-state index contributed by atoms with van der Waals surface area (Å²) in [4.78, 5) is 0. The molecule has 0 radical (unpaired) electrons. The fraction of sp³-hybridized carbons (Fsp3) is 0.125. The van der Waals surface area contributed by atoms with Gasteiger partial charge in [-0.1, -0.05) is 41.1 Å². The molecule has 124 valence electrons. The number of hydrogen-bond acceptors (Lipinski definition) is 2. The summed E-state index contributed by atoms with van der Waals surface area (Å²) in [5.74, 6) is 0.0200. The van der Waals surface area contributed by atoms with Gasteiger partial charge in [0.1, 0.15) is 5.69 Å². The summed E-state index contributed by atoms with van der Waals surface area (Å²) >= 11 is 11.8. The lowest BCUT2D eigenvalue weighted by Gasteiger charge is -2.14. The zero-order chi connectivity index (χ0) is 17.3. The highest BCUT2D eigenvalue weighted by Crippen LogP contribution is 2.36. The van der Waals surface area contributed by atoms with Gasteiger partial charge >= 0.3 is 6.18 Å².